The Labute approximate surface area is 497 Å². The number of hydrogen-bond donors (Lipinski definition) is 0. The van der Waals surface area contributed by atoms with E-state index in [1.54, 1.807) is 0 Å². The molecule has 85 heavy (non-hydrogen) atoms. The van der Waals surface area contributed by atoms with Gasteiger partial charge in [0.25, 0.3) is 0 Å². The van der Waals surface area contributed by atoms with Gasteiger partial charge in [-0.3, -0.25) is 0 Å². The van der Waals surface area contributed by atoms with E-state index in [0.717, 1.165) is 0 Å². The highest BCUT2D eigenvalue weighted by molar-refractivity contribution is 7.20. The van der Waals surface area contributed by atoms with Gasteiger partial charge < -0.3 is 14.4 Å². The van der Waals surface area contributed by atoms with Gasteiger partial charge in [-0.15, -0.1) is 0 Å². The lowest BCUT2D eigenvalue weighted by Gasteiger charge is -2.45. The molecule has 0 N–H and O–H groups in total. The van der Waals surface area contributed by atoms with E-state index in [1.165, 1.54) is 154 Å². The minimum atomic E-state index is -3.41. The number of nitrogens with zero attached hydrogens (tertiary/aromatic N) is 3. The Morgan fingerprint density at radius 2 is 0.424 bits per heavy atom. The first kappa shape index (κ1) is 47.2. The summed E-state index contributed by atoms with van der Waals surface area (Å²) in [5.41, 5.74) is 30.8. The number of hydrogen-bond acceptors (Lipinski definition) is 3. The van der Waals surface area contributed by atoms with Gasteiger partial charge in [0.05, 0.1) is 0 Å². The highest BCUT2D eigenvalue weighted by atomic mass is 28.3. The van der Waals surface area contributed by atoms with Gasteiger partial charge in [-0.1, -0.05) is 267 Å². The largest absolute Gasteiger partial charge is 0.376 e. The lowest BCUT2D eigenvalue weighted by atomic mass is 9.43. The molecule has 13 aromatic rings. The molecule has 0 atom stereocenters. The van der Waals surface area contributed by atoms with Gasteiger partial charge in [-0.05, 0) is 123 Å². The van der Waals surface area contributed by atoms with Gasteiger partial charge in [0, 0.05) is 67.5 Å². The normalized spacial score (nSPS) is 13.7. The maximum Gasteiger partial charge on any atom is 0.329 e. The Hall–Kier alpha value is -10.3. The van der Waals surface area contributed by atoms with E-state index < -0.39 is 8.07 Å². The average Bonchev–Trinajstić information content (AvgIpc) is 1.04. The average molecular weight is 1090 g/mol. The van der Waals surface area contributed by atoms with Crippen molar-refractivity contribution in [1.82, 2.24) is 0 Å². The van der Waals surface area contributed by atoms with E-state index in [9.17, 15) is 0 Å². The summed E-state index contributed by atoms with van der Waals surface area (Å²) in [5.74, 6) is 0. The summed E-state index contributed by atoms with van der Waals surface area (Å²) in [6.07, 6.45) is 0. The summed E-state index contributed by atoms with van der Waals surface area (Å²) < 4.78 is 0. The zero-order valence-corrected chi connectivity index (χ0v) is 47.4. The Morgan fingerprint density at radius 3 is 0.788 bits per heavy atom. The van der Waals surface area contributed by atoms with Gasteiger partial charge in [0.15, 0.2) is 8.07 Å². The van der Waals surface area contributed by atoms with Crippen molar-refractivity contribution in [2.45, 2.75) is 0 Å². The second-order valence-electron chi connectivity index (χ2n) is 23.7. The fourth-order valence-electron chi connectivity index (χ4n) is 16.5. The van der Waals surface area contributed by atoms with Crippen LogP contribution in [0.15, 0.2) is 303 Å². The van der Waals surface area contributed by atoms with Crippen LogP contribution < -0.4 is 68.0 Å². The predicted molar refractivity (Wildman–Crippen MR) is 363 cm³/mol. The monoisotopic (exact) mass is 1090 g/mol. The summed E-state index contributed by atoms with van der Waals surface area (Å²) in [6, 6.07) is 117. The van der Waals surface area contributed by atoms with Crippen molar-refractivity contribution in [2.75, 3.05) is 14.4 Å². The summed E-state index contributed by atoms with van der Waals surface area (Å²) in [5, 5.41) is 5.39. The van der Waals surface area contributed by atoms with Crippen LogP contribution in [0.4, 0.5) is 34.1 Å². The van der Waals surface area contributed by atoms with Crippen molar-refractivity contribution in [3.8, 4) is 66.8 Å². The van der Waals surface area contributed by atoms with Crippen molar-refractivity contribution < 1.29 is 0 Å². The van der Waals surface area contributed by atoms with Crippen molar-refractivity contribution in [2.24, 2.45) is 0 Å². The second-order valence-corrected chi connectivity index (χ2v) is 27.5. The predicted octanol–water partition coefficient (Wildman–Crippen LogP) is 11.8. The molecule has 19 rings (SSSR count). The Bertz CT molecular complexity index is 4540. The van der Waals surface area contributed by atoms with Crippen molar-refractivity contribution in [1.29, 1.82) is 0 Å². The van der Waals surface area contributed by atoms with Crippen molar-refractivity contribution in [3.63, 3.8) is 0 Å². The minimum Gasteiger partial charge on any atom is -0.376 e. The first-order chi connectivity index (χ1) is 42.2. The van der Waals surface area contributed by atoms with Crippen LogP contribution >= 0.6 is 0 Å². The molecule has 6 heterocycles. The molecule has 0 bridgehead atoms. The van der Waals surface area contributed by atoms with E-state index in [-0.39, 0.29) is 20.5 Å². The van der Waals surface area contributed by atoms with Crippen LogP contribution in [-0.2, 0) is 0 Å². The molecule has 0 aromatic heterocycles. The van der Waals surface area contributed by atoms with Crippen molar-refractivity contribution in [3.05, 3.63) is 303 Å². The number of rotatable bonds is 4. The molecule has 6 aliphatic rings. The molecule has 0 spiro atoms. The smallest absolute Gasteiger partial charge is 0.329 e. The van der Waals surface area contributed by atoms with Gasteiger partial charge >= 0.3 is 20.5 Å². The SMILES string of the molecule is c1ccc([Si](c2ccc3c(c2)-c2ccccc2N2B3c3ccccc3-c3ccccc32)(c2ccc3c(c2)-c2ccccc2B2c4ccccc4-c4ccccc4N23)c2ccc3c(c2)-c2ccccc2B2c4ccccc4-c4ccccc4N23)cc1. The zero-order valence-electron chi connectivity index (χ0n) is 46.4. The maximum atomic E-state index is 2.65. The summed E-state index contributed by atoms with van der Waals surface area (Å²) in [6.45, 7) is 0.0186. The molecular weight excluding hydrogens is 1040 g/mol. The van der Waals surface area contributed by atoms with E-state index in [0.29, 0.717) is 0 Å². The number of anilines is 6. The van der Waals surface area contributed by atoms with Crippen LogP contribution in [-0.4, -0.2) is 28.6 Å². The van der Waals surface area contributed by atoms with E-state index in [1.807, 2.05) is 0 Å². The Kier molecular flexibility index (Phi) is 9.91. The Morgan fingerprint density at radius 1 is 0.176 bits per heavy atom. The molecule has 6 aliphatic heterocycles. The standard InChI is InChI=1S/C78H50B3N3Si/c1-2-22-51(23-3-1)85(52-42-45-72-64(48-52)63-32-12-21-41-76(63)82-73-38-18-9-29-60(73)57-26-6-15-35-69(57)81(72)82,53-43-46-77-65(49-53)58-27-7-16-36-70(58)79-67-33-13-4-24-55(67)61-30-10-19-39-74(61)83(77)79)54-44-47-78-66(50-54)59-28-8-17-37-71(59)80-68-34-14-5-25-56(68)62-31-11-20-40-75(62)84(78)80/h1-50H. The first-order valence-electron chi connectivity index (χ1n) is 29.9. The molecule has 0 saturated heterocycles. The molecule has 0 unspecified atom stereocenters. The lowest BCUT2D eigenvalue weighted by molar-refractivity contribution is 1.35. The van der Waals surface area contributed by atoms with Crippen molar-refractivity contribution >= 4 is 116 Å². The van der Waals surface area contributed by atoms with Crippen LogP contribution in [0.1, 0.15) is 0 Å². The van der Waals surface area contributed by atoms with Gasteiger partial charge in [-0.2, -0.15) is 0 Å². The van der Waals surface area contributed by atoms with E-state index >= 15 is 0 Å². The highest BCUT2D eigenvalue weighted by Gasteiger charge is 2.49. The molecule has 0 saturated carbocycles. The highest BCUT2D eigenvalue weighted by Crippen LogP contribution is 2.49. The lowest BCUT2D eigenvalue weighted by Crippen LogP contribution is -2.75. The van der Waals surface area contributed by atoms with Crippen LogP contribution in [0.3, 0.4) is 0 Å². The van der Waals surface area contributed by atoms with E-state index in [4.69, 9.17) is 0 Å². The Balaban J connectivity index is 0.905. The summed E-state index contributed by atoms with van der Waals surface area (Å²) >= 11 is 0. The second kappa shape index (κ2) is 17.8. The maximum absolute atomic E-state index is 3.41. The molecule has 7 heteroatoms. The molecule has 0 amide bonds. The third kappa shape index (κ3) is 6.37. The van der Waals surface area contributed by atoms with Gasteiger partial charge in [-0.25, -0.2) is 0 Å². The van der Waals surface area contributed by atoms with Crippen LogP contribution in [0.5, 0.6) is 0 Å². The van der Waals surface area contributed by atoms with Gasteiger partial charge in [0.2, 0.25) is 0 Å². The summed E-state index contributed by atoms with van der Waals surface area (Å²) in [4.78, 5) is 7.91. The van der Waals surface area contributed by atoms with E-state index in [2.05, 4.69) is 318 Å². The summed E-state index contributed by atoms with van der Waals surface area (Å²) in [7, 11) is -3.41. The first-order valence-corrected chi connectivity index (χ1v) is 31.9. The third-order valence-corrected chi connectivity index (χ3v) is 24.5. The molecule has 0 radical (unpaired) electrons. The molecule has 0 aliphatic carbocycles. The minimum absolute atomic E-state index is 0.0189. The molecule has 3 nitrogen and oxygen atoms in total. The van der Waals surface area contributed by atoms with Crippen LogP contribution in [0, 0.1) is 0 Å². The zero-order chi connectivity index (χ0) is 55.5. The quantitative estimate of drug-likeness (QED) is 0.128. The van der Waals surface area contributed by atoms with Crippen LogP contribution in [0.25, 0.3) is 66.8 Å². The molecule has 0 fully saturated rings. The molecule has 13 aromatic carbocycles. The topological polar surface area (TPSA) is 9.72 Å². The number of fused-ring (bicyclic) bond motifs is 33. The number of benzene rings is 13. The fraction of sp³-hybridized carbons (Fsp3) is 0. The van der Waals surface area contributed by atoms with Gasteiger partial charge in [0.1, 0.15) is 0 Å². The fourth-order valence-corrected chi connectivity index (χ4v) is 21.2. The molecule has 390 valence electrons. The van der Waals surface area contributed by atoms with Crippen LogP contribution in [0.2, 0.25) is 0 Å². The number of para-hydroxylation sites is 4. The molecular formula is C78H50B3N3Si. The third-order valence-electron chi connectivity index (χ3n) is 19.8.